The van der Waals surface area contributed by atoms with Gasteiger partial charge in [0.1, 0.15) is 5.65 Å². The number of anilines is 1. The van der Waals surface area contributed by atoms with Gasteiger partial charge in [0.25, 0.3) is 0 Å². The van der Waals surface area contributed by atoms with Crippen LogP contribution in [0.5, 0.6) is 0 Å². The van der Waals surface area contributed by atoms with Crippen molar-refractivity contribution >= 4 is 34.4 Å². The van der Waals surface area contributed by atoms with E-state index in [2.05, 4.69) is 15.3 Å². The minimum Gasteiger partial charge on any atom is -0.346 e. The third-order valence-electron chi connectivity index (χ3n) is 4.76. The second-order valence-electron chi connectivity index (χ2n) is 7.03. The third kappa shape index (κ3) is 4.91. The zero-order valence-electron chi connectivity index (χ0n) is 16.5. The molecule has 8 heteroatoms. The van der Waals surface area contributed by atoms with Crippen molar-refractivity contribution < 1.29 is 18.0 Å². The zero-order valence-corrected chi connectivity index (χ0v) is 17.3. The van der Waals surface area contributed by atoms with Gasteiger partial charge in [-0.05, 0) is 54.4 Å². The molecule has 4 rings (SSSR count). The van der Waals surface area contributed by atoms with E-state index in [1.807, 2.05) is 42.6 Å². The van der Waals surface area contributed by atoms with Crippen LogP contribution in [-0.4, -0.2) is 21.6 Å². The number of benzene rings is 2. The van der Waals surface area contributed by atoms with Gasteiger partial charge < -0.3 is 10.3 Å². The summed E-state index contributed by atoms with van der Waals surface area (Å²) in [6.07, 6.45) is -0.846. The molecule has 0 fully saturated rings. The van der Waals surface area contributed by atoms with Crippen LogP contribution in [0.25, 0.3) is 22.2 Å². The minimum atomic E-state index is -4.46. The fourth-order valence-electron chi connectivity index (χ4n) is 3.21. The molecule has 158 valence electrons. The van der Waals surface area contributed by atoms with Gasteiger partial charge in [0.05, 0.1) is 11.3 Å². The van der Waals surface area contributed by atoms with E-state index in [1.54, 1.807) is 6.20 Å². The van der Waals surface area contributed by atoms with E-state index < -0.39 is 11.7 Å². The van der Waals surface area contributed by atoms with Crippen molar-refractivity contribution in [3.05, 3.63) is 78.1 Å². The molecule has 4 aromatic rings. The largest absolute Gasteiger partial charge is 0.416 e. The second-order valence-corrected chi connectivity index (χ2v) is 8.08. The monoisotopic (exact) mass is 441 g/mol. The molecule has 0 atom stereocenters. The molecular weight excluding hydrogens is 423 g/mol. The van der Waals surface area contributed by atoms with E-state index in [0.717, 1.165) is 33.1 Å². The number of aromatic nitrogens is 2. The molecule has 2 N–H and O–H groups in total. The number of hydrogen-bond donors (Lipinski definition) is 2. The van der Waals surface area contributed by atoms with Gasteiger partial charge >= 0.3 is 6.18 Å². The van der Waals surface area contributed by atoms with Crippen molar-refractivity contribution in [1.82, 2.24) is 9.97 Å². The lowest BCUT2D eigenvalue weighted by Gasteiger charge is -2.13. The molecule has 1 amide bonds. The first-order valence-electron chi connectivity index (χ1n) is 9.44. The van der Waals surface area contributed by atoms with Crippen LogP contribution in [0.15, 0.2) is 71.9 Å². The molecule has 0 aliphatic rings. The number of pyridine rings is 1. The standard InChI is InChI=1S/C23H18F3N3OS/c1-14-5-6-18(11-20(14)23(24,25)26)29-21(30)13-31-19-4-2-3-15(10-19)17-9-16-7-8-27-22(16)28-12-17/h2-12H,13H2,1H3,(H,27,28)(H,29,30). The number of nitrogens with one attached hydrogen (secondary N) is 2. The molecule has 0 spiro atoms. The maximum absolute atomic E-state index is 13.1. The molecule has 2 aromatic carbocycles. The quantitative estimate of drug-likeness (QED) is 0.358. The molecule has 0 aliphatic carbocycles. The summed E-state index contributed by atoms with van der Waals surface area (Å²) in [5.74, 6) is -0.295. The maximum Gasteiger partial charge on any atom is 0.416 e. The van der Waals surface area contributed by atoms with Gasteiger partial charge in [-0.15, -0.1) is 11.8 Å². The normalized spacial score (nSPS) is 11.6. The number of carbonyl (C=O) groups excluding carboxylic acids is 1. The number of rotatable bonds is 5. The Morgan fingerprint density at radius 2 is 1.94 bits per heavy atom. The molecule has 0 aliphatic heterocycles. The molecule has 0 saturated heterocycles. The van der Waals surface area contributed by atoms with Gasteiger partial charge in [-0.2, -0.15) is 13.2 Å². The summed E-state index contributed by atoms with van der Waals surface area (Å²) in [6, 6.07) is 15.5. The van der Waals surface area contributed by atoms with Gasteiger partial charge in [0.2, 0.25) is 5.91 Å². The minimum absolute atomic E-state index is 0.0772. The molecule has 2 aromatic heterocycles. The summed E-state index contributed by atoms with van der Waals surface area (Å²) in [7, 11) is 0. The summed E-state index contributed by atoms with van der Waals surface area (Å²) in [5, 5.41) is 3.55. The fourth-order valence-corrected chi connectivity index (χ4v) is 3.97. The van der Waals surface area contributed by atoms with Gasteiger partial charge in [0, 0.05) is 33.9 Å². The van der Waals surface area contributed by atoms with Crippen molar-refractivity contribution in [2.75, 3.05) is 11.1 Å². The highest BCUT2D eigenvalue weighted by Crippen LogP contribution is 2.33. The summed E-state index contributed by atoms with van der Waals surface area (Å²) < 4.78 is 39.2. The Hall–Kier alpha value is -3.26. The topological polar surface area (TPSA) is 57.8 Å². The number of aryl methyl sites for hydroxylation is 1. The number of amides is 1. The van der Waals surface area contributed by atoms with Gasteiger partial charge in [-0.3, -0.25) is 4.79 Å². The van der Waals surface area contributed by atoms with Crippen LogP contribution in [0, 0.1) is 6.92 Å². The number of nitrogens with zero attached hydrogens (tertiary/aromatic N) is 1. The Kier molecular flexibility index (Phi) is 5.73. The highest BCUT2D eigenvalue weighted by atomic mass is 32.2. The fraction of sp³-hybridized carbons (Fsp3) is 0.130. The molecule has 4 nitrogen and oxygen atoms in total. The third-order valence-corrected chi connectivity index (χ3v) is 5.76. The lowest BCUT2D eigenvalue weighted by atomic mass is 10.1. The van der Waals surface area contributed by atoms with Crippen LogP contribution in [0.2, 0.25) is 0 Å². The van der Waals surface area contributed by atoms with E-state index in [1.165, 1.54) is 30.8 Å². The summed E-state index contributed by atoms with van der Waals surface area (Å²) in [5.41, 5.74) is 2.23. The zero-order chi connectivity index (χ0) is 22.0. The van der Waals surface area contributed by atoms with Crippen molar-refractivity contribution in [2.45, 2.75) is 18.0 Å². The average molecular weight is 441 g/mol. The van der Waals surface area contributed by atoms with Crippen LogP contribution in [0.4, 0.5) is 18.9 Å². The highest BCUT2D eigenvalue weighted by Gasteiger charge is 2.32. The number of alkyl halides is 3. The lowest BCUT2D eigenvalue weighted by molar-refractivity contribution is -0.138. The summed E-state index contributed by atoms with van der Waals surface area (Å²) in [6.45, 7) is 1.39. The average Bonchev–Trinajstić information content (AvgIpc) is 3.21. The Morgan fingerprint density at radius 3 is 2.74 bits per heavy atom. The first-order valence-corrected chi connectivity index (χ1v) is 10.4. The molecule has 31 heavy (non-hydrogen) atoms. The summed E-state index contributed by atoms with van der Waals surface area (Å²) >= 11 is 1.31. The predicted molar refractivity (Wildman–Crippen MR) is 117 cm³/mol. The smallest absolute Gasteiger partial charge is 0.346 e. The molecule has 0 saturated carbocycles. The van der Waals surface area contributed by atoms with Crippen LogP contribution in [-0.2, 0) is 11.0 Å². The van der Waals surface area contributed by atoms with Crippen molar-refractivity contribution in [3.63, 3.8) is 0 Å². The Bertz CT molecular complexity index is 1250. The number of carbonyl (C=O) groups is 1. The number of aromatic amines is 1. The number of halogens is 3. The summed E-state index contributed by atoms with van der Waals surface area (Å²) in [4.78, 5) is 20.6. The van der Waals surface area contributed by atoms with Gasteiger partial charge in [0.15, 0.2) is 0 Å². The van der Waals surface area contributed by atoms with E-state index in [4.69, 9.17) is 0 Å². The van der Waals surface area contributed by atoms with Crippen LogP contribution in [0.3, 0.4) is 0 Å². The van der Waals surface area contributed by atoms with Crippen molar-refractivity contribution in [3.8, 4) is 11.1 Å². The molecule has 0 bridgehead atoms. The molecular formula is C23H18F3N3OS. The van der Waals surface area contributed by atoms with E-state index in [-0.39, 0.29) is 22.9 Å². The van der Waals surface area contributed by atoms with E-state index in [9.17, 15) is 18.0 Å². The Balaban J connectivity index is 1.42. The Morgan fingerprint density at radius 1 is 1.10 bits per heavy atom. The molecule has 2 heterocycles. The van der Waals surface area contributed by atoms with Gasteiger partial charge in [-0.25, -0.2) is 4.98 Å². The van der Waals surface area contributed by atoms with Crippen LogP contribution < -0.4 is 5.32 Å². The Labute approximate surface area is 180 Å². The lowest BCUT2D eigenvalue weighted by Crippen LogP contribution is -2.15. The molecule has 0 radical (unpaired) electrons. The predicted octanol–water partition coefficient (Wildman–Crippen LogP) is 6.29. The SMILES string of the molecule is Cc1ccc(NC(=O)CSc2cccc(-c3cnc4[nH]ccc4c3)c2)cc1C(F)(F)F. The second kappa shape index (κ2) is 8.47. The number of fused-ring (bicyclic) bond motifs is 1. The van der Waals surface area contributed by atoms with E-state index >= 15 is 0 Å². The first-order chi connectivity index (χ1) is 14.8. The highest BCUT2D eigenvalue weighted by molar-refractivity contribution is 8.00. The van der Waals surface area contributed by atoms with E-state index in [0.29, 0.717) is 0 Å². The van der Waals surface area contributed by atoms with Crippen molar-refractivity contribution in [2.24, 2.45) is 0 Å². The van der Waals surface area contributed by atoms with Crippen molar-refractivity contribution in [1.29, 1.82) is 0 Å². The van der Waals surface area contributed by atoms with Crippen LogP contribution in [0.1, 0.15) is 11.1 Å². The maximum atomic E-state index is 13.1. The van der Waals surface area contributed by atoms with Gasteiger partial charge in [-0.1, -0.05) is 18.2 Å². The molecule has 0 unspecified atom stereocenters. The number of hydrogen-bond acceptors (Lipinski definition) is 3. The number of H-pyrrole nitrogens is 1. The first kappa shape index (κ1) is 21.0. The number of thioether (sulfide) groups is 1. The van der Waals surface area contributed by atoms with Crippen LogP contribution >= 0.6 is 11.8 Å².